The fraction of sp³-hybridized carbons (Fsp3) is 0.176. The lowest BCUT2D eigenvalue weighted by atomic mass is 10.1. The molecular formula is C17H12F3N3O2. The second-order valence-corrected chi connectivity index (χ2v) is 5.13. The zero-order valence-corrected chi connectivity index (χ0v) is 13.3. The largest absolute Gasteiger partial charge is 0.497 e. The summed E-state index contributed by atoms with van der Waals surface area (Å²) in [5.41, 5.74) is 0.0170. The summed E-state index contributed by atoms with van der Waals surface area (Å²) in [4.78, 5) is 4.30. The quantitative estimate of drug-likeness (QED) is 0.721. The third-order valence-electron chi connectivity index (χ3n) is 3.71. The molecule has 3 aromatic rings. The van der Waals surface area contributed by atoms with Crippen LogP contribution >= 0.6 is 0 Å². The van der Waals surface area contributed by atoms with Gasteiger partial charge in [0.2, 0.25) is 0 Å². The van der Waals surface area contributed by atoms with Crippen molar-refractivity contribution >= 4 is 5.65 Å². The van der Waals surface area contributed by atoms with Crippen LogP contribution < -0.4 is 9.47 Å². The SMILES string of the molecule is COc1ccc(OC)c(-c2nc3ccc(C(F)(F)F)cn3c2C#N)c1. The first-order chi connectivity index (χ1) is 11.9. The number of imidazole rings is 1. The van der Waals surface area contributed by atoms with Crippen molar-refractivity contribution in [2.45, 2.75) is 6.18 Å². The predicted molar refractivity (Wildman–Crippen MR) is 83.4 cm³/mol. The first-order valence-electron chi connectivity index (χ1n) is 7.11. The highest BCUT2D eigenvalue weighted by atomic mass is 19.4. The number of nitrogens with zero attached hydrogens (tertiary/aromatic N) is 3. The van der Waals surface area contributed by atoms with E-state index in [1.54, 1.807) is 18.2 Å². The summed E-state index contributed by atoms with van der Waals surface area (Å²) in [6.07, 6.45) is -3.66. The number of halogens is 3. The van der Waals surface area contributed by atoms with Gasteiger partial charge in [0.15, 0.2) is 5.69 Å². The molecule has 0 fully saturated rings. The van der Waals surface area contributed by atoms with Gasteiger partial charge in [0.05, 0.1) is 19.8 Å². The van der Waals surface area contributed by atoms with Crippen molar-refractivity contribution in [3.63, 3.8) is 0 Å². The first-order valence-corrected chi connectivity index (χ1v) is 7.11. The number of fused-ring (bicyclic) bond motifs is 1. The number of methoxy groups -OCH3 is 2. The summed E-state index contributed by atoms with van der Waals surface area (Å²) in [7, 11) is 2.94. The normalized spacial score (nSPS) is 11.4. The molecule has 0 aliphatic rings. The van der Waals surface area contributed by atoms with Crippen molar-refractivity contribution < 1.29 is 22.6 Å². The number of pyridine rings is 1. The van der Waals surface area contributed by atoms with Gasteiger partial charge in [-0.15, -0.1) is 0 Å². The van der Waals surface area contributed by atoms with Gasteiger partial charge in [0.25, 0.3) is 0 Å². The molecule has 0 amide bonds. The van der Waals surface area contributed by atoms with Crippen molar-refractivity contribution in [3.8, 4) is 28.8 Å². The van der Waals surface area contributed by atoms with Crippen molar-refractivity contribution in [1.29, 1.82) is 5.26 Å². The highest BCUT2D eigenvalue weighted by molar-refractivity contribution is 5.75. The monoisotopic (exact) mass is 347 g/mol. The first kappa shape index (κ1) is 16.6. The van der Waals surface area contributed by atoms with E-state index in [0.717, 1.165) is 16.7 Å². The Kier molecular flexibility index (Phi) is 4.00. The number of nitriles is 1. The maximum absolute atomic E-state index is 12.9. The van der Waals surface area contributed by atoms with Crippen molar-refractivity contribution in [2.75, 3.05) is 14.2 Å². The van der Waals surface area contributed by atoms with E-state index in [4.69, 9.17) is 9.47 Å². The van der Waals surface area contributed by atoms with Gasteiger partial charge in [0.1, 0.15) is 28.9 Å². The lowest BCUT2D eigenvalue weighted by Gasteiger charge is -2.09. The molecule has 3 rings (SSSR count). The van der Waals surface area contributed by atoms with Crippen LogP contribution in [0.2, 0.25) is 0 Å². The van der Waals surface area contributed by atoms with Crippen LogP contribution in [-0.4, -0.2) is 23.6 Å². The number of aromatic nitrogens is 2. The average Bonchev–Trinajstić information content (AvgIpc) is 2.97. The Hall–Kier alpha value is -3.21. The molecule has 5 nitrogen and oxygen atoms in total. The molecule has 0 saturated carbocycles. The standard InChI is InChI=1S/C17H12F3N3O2/c1-24-11-4-5-14(25-2)12(7-11)16-13(8-21)23-9-10(17(18,19)20)3-6-15(23)22-16/h3-7,9H,1-2H3. The molecule has 0 bridgehead atoms. The van der Waals surface area contributed by atoms with E-state index >= 15 is 0 Å². The van der Waals surface area contributed by atoms with Gasteiger partial charge in [-0.1, -0.05) is 0 Å². The van der Waals surface area contributed by atoms with Crippen LogP contribution in [0.4, 0.5) is 13.2 Å². The fourth-order valence-corrected chi connectivity index (χ4v) is 2.51. The van der Waals surface area contributed by atoms with E-state index in [0.29, 0.717) is 17.1 Å². The van der Waals surface area contributed by atoms with E-state index in [9.17, 15) is 18.4 Å². The molecule has 0 spiro atoms. The predicted octanol–water partition coefficient (Wildman–Crippen LogP) is 3.91. The topological polar surface area (TPSA) is 59.6 Å². The maximum atomic E-state index is 12.9. The molecule has 8 heteroatoms. The van der Waals surface area contributed by atoms with Crippen LogP contribution in [-0.2, 0) is 6.18 Å². The van der Waals surface area contributed by atoms with Crippen LogP contribution in [0.25, 0.3) is 16.9 Å². The minimum Gasteiger partial charge on any atom is -0.497 e. The third-order valence-corrected chi connectivity index (χ3v) is 3.71. The van der Waals surface area contributed by atoms with Crippen molar-refractivity contribution in [3.05, 3.63) is 47.8 Å². The number of hydrogen-bond donors (Lipinski definition) is 0. The summed E-state index contributed by atoms with van der Waals surface area (Å²) in [6.45, 7) is 0. The van der Waals surface area contributed by atoms with E-state index in [2.05, 4.69) is 4.98 Å². The molecular weight excluding hydrogens is 335 g/mol. The fourth-order valence-electron chi connectivity index (χ4n) is 2.51. The van der Waals surface area contributed by atoms with Gasteiger partial charge < -0.3 is 9.47 Å². The Balaban J connectivity index is 2.30. The molecule has 0 aliphatic heterocycles. The highest BCUT2D eigenvalue weighted by Gasteiger charge is 2.31. The van der Waals surface area contributed by atoms with E-state index in [1.807, 2.05) is 6.07 Å². The Labute approximate surface area is 140 Å². The number of alkyl halides is 3. The Morgan fingerprint density at radius 2 is 1.88 bits per heavy atom. The lowest BCUT2D eigenvalue weighted by molar-refractivity contribution is -0.137. The Bertz CT molecular complexity index is 987. The van der Waals surface area contributed by atoms with Crippen LogP contribution in [0.1, 0.15) is 11.3 Å². The second kappa shape index (κ2) is 6.02. The molecule has 0 N–H and O–H groups in total. The van der Waals surface area contributed by atoms with Gasteiger partial charge in [-0.05, 0) is 30.3 Å². The number of hydrogen-bond acceptors (Lipinski definition) is 4. The molecule has 0 atom stereocenters. The average molecular weight is 347 g/mol. The van der Waals surface area contributed by atoms with Crippen LogP contribution in [0, 0.1) is 11.3 Å². The van der Waals surface area contributed by atoms with Gasteiger partial charge in [-0.25, -0.2) is 4.98 Å². The molecule has 0 radical (unpaired) electrons. The van der Waals surface area contributed by atoms with Crippen LogP contribution in [0.5, 0.6) is 11.5 Å². The van der Waals surface area contributed by atoms with Gasteiger partial charge in [-0.3, -0.25) is 4.40 Å². The lowest BCUT2D eigenvalue weighted by Crippen LogP contribution is -2.06. The van der Waals surface area contributed by atoms with Crippen molar-refractivity contribution in [2.24, 2.45) is 0 Å². The zero-order valence-electron chi connectivity index (χ0n) is 13.3. The summed E-state index contributed by atoms with van der Waals surface area (Å²) < 4.78 is 50.4. The summed E-state index contributed by atoms with van der Waals surface area (Å²) >= 11 is 0. The molecule has 25 heavy (non-hydrogen) atoms. The van der Waals surface area contributed by atoms with E-state index < -0.39 is 11.7 Å². The molecule has 2 aromatic heterocycles. The molecule has 0 unspecified atom stereocenters. The third kappa shape index (κ3) is 2.85. The summed E-state index contributed by atoms with van der Waals surface area (Å²) in [5, 5.41) is 9.49. The number of ether oxygens (including phenoxy) is 2. The van der Waals surface area contributed by atoms with Gasteiger partial charge in [0, 0.05) is 11.8 Å². The van der Waals surface area contributed by atoms with E-state index in [1.165, 1.54) is 20.3 Å². The molecule has 128 valence electrons. The Morgan fingerprint density at radius 1 is 1.12 bits per heavy atom. The zero-order chi connectivity index (χ0) is 18.2. The maximum Gasteiger partial charge on any atom is 0.417 e. The molecule has 2 heterocycles. The van der Waals surface area contributed by atoms with Crippen molar-refractivity contribution in [1.82, 2.24) is 9.38 Å². The van der Waals surface area contributed by atoms with E-state index in [-0.39, 0.29) is 17.0 Å². The summed E-state index contributed by atoms with van der Waals surface area (Å²) in [5.74, 6) is 0.935. The van der Waals surface area contributed by atoms with Gasteiger partial charge >= 0.3 is 6.18 Å². The minimum absolute atomic E-state index is 0.0207. The second-order valence-electron chi connectivity index (χ2n) is 5.13. The number of benzene rings is 1. The smallest absolute Gasteiger partial charge is 0.417 e. The molecule has 0 saturated heterocycles. The molecule has 0 aliphatic carbocycles. The minimum atomic E-state index is -4.51. The van der Waals surface area contributed by atoms with Crippen LogP contribution in [0.15, 0.2) is 36.5 Å². The Morgan fingerprint density at radius 3 is 2.48 bits per heavy atom. The molecule has 1 aromatic carbocycles. The number of rotatable bonds is 3. The highest BCUT2D eigenvalue weighted by Crippen LogP contribution is 2.36. The van der Waals surface area contributed by atoms with Gasteiger partial charge in [-0.2, -0.15) is 18.4 Å². The van der Waals surface area contributed by atoms with Crippen LogP contribution in [0.3, 0.4) is 0 Å². The summed E-state index contributed by atoms with van der Waals surface area (Å²) in [6, 6.07) is 9.00.